The number of amides is 2. The van der Waals surface area contributed by atoms with Crippen LogP contribution in [0.15, 0.2) is 30.3 Å². The van der Waals surface area contributed by atoms with Crippen LogP contribution in [-0.2, 0) is 9.59 Å². The normalized spacial score (nSPS) is 16.5. The minimum absolute atomic E-state index is 0. The van der Waals surface area contributed by atoms with E-state index in [2.05, 4.69) is 10.6 Å². The fourth-order valence-electron chi connectivity index (χ4n) is 3.95. The third kappa shape index (κ3) is 5.46. The minimum atomic E-state index is -0.690. The molecule has 2 atom stereocenters. The van der Waals surface area contributed by atoms with Gasteiger partial charge in [0.15, 0.2) is 12.4 Å². The van der Waals surface area contributed by atoms with E-state index in [1.807, 2.05) is 6.92 Å². The lowest BCUT2D eigenvalue weighted by Crippen LogP contribution is -2.35. The molecule has 0 aromatic heterocycles. The Morgan fingerprint density at radius 2 is 2.03 bits per heavy atom. The molecule has 10 heteroatoms. The smallest absolute Gasteiger partial charge is 0.262 e. The summed E-state index contributed by atoms with van der Waals surface area (Å²) in [6, 6.07) is 6.96. The van der Waals surface area contributed by atoms with E-state index < -0.39 is 17.5 Å². The monoisotopic (exact) mass is 495 g/mol. The van der Waals surface area contributed by atoms with Gasteiger partial charge < -0.3 is 21.1 Å². The highest BCUT2D eigenvalue weighted by Gasteiger charge is 2.36. The van der Waals surface area contributed by atoms with Gasteiger partial charge in [0, 0.05) is 29.6 Å². The van der Waals surface area contributed by atoms with Crippen LogP contribution >= 0.6 is 24.0 Å². The van der Waals surface area contributed by atoms with Crippen LogP contribution in [0.25, 0.3) is 0 Å². The lowest BCUT2D eigenvalue weighted by molar-refractivity contribution is -0.119. The van der Waals surface area contributed by atoms with Gasteiger partial charge in [-0.15, -0.1) is 12.4 Å². The number of primary amides is 1. The molecule has 1 heterocycles. The summed E-state index contributed by atoms with van der Waals surface area (Å²) in [7, 11) is 0. The predicted octanol–water partition coefficient (Wildman–Crippen LogP) is 3.77. The largest absolute Gasteiger partial charge is 0.482 e. The SMILES string of the molecule is C[C@H](CC(N)=O)N[C@@H](c1ccc(Cl)c(C(=O)c2ccc3c(c2)OCC(=O)N3)c1F)C1CC1.Cl. The van der Waals surface area contributed by atoms with Gasteiger partial charge in [-0.05, 0) is 49.9 Å². The van der Waals surface area contributed by atoms with Crippen LogP contribution in [0.3, 0.4) is 0 Å². The van der Waals surface area contributed by atoms with E-state index in [9.17, 15) is 14.4 Å². The number of halogens is 3. The second kappa shape index (κ2) is 10.1. The van der Waals surface area contributed by atoms with Crippen molar-refractivity contribution in [2.24, 2.45) is 11.7 Å². The summed E-state index contributed by atoms with van der Waals surface area (Å²) in [5.41, 5.74) is 6.03. The quantitative estimate of drug-likeness (QED) is 0.482. The number of carbonyl (C=O) groups excluding carboxylic acids is 3. The van der Waals surface area contributed by atoms with Crippen molar-refractivity contribution < 1.29 is 23.5 Å². The highest BCUT2D eigenvalue weighted by molar-refractivity contribution is 6.35. The average Bonchev–Trinajstić information content (AvgIpc) is 3.57. The lowest BCUT2D eigenvalue weighted by atomic mass is 9.94. The van der Waals surface area contributed by atoms with Gasteiger partial charge in [-0.3, -0.25) is 14.4 Å². The van der Waals surface area contributed by atoms with E-state index in [1.165, 1.54) is 24.3 Å². The van der Waals surface area contributed by atoms with Gasteiger partial charge in [-0.2, -0.15) is 0 Å². The molecule has 2 aromatic carbocycles. The maximum atomic E-state index is 15.7. The molecule has 2 amide bonds. The van der Waals surface area contributed by atoms with Crippen molar-refractivity contribution in [3.63, 3.8) is 0 Å². The van der Waals surface area contributed by atoms with Crippen molar-refractivity contribution in [2.75, 3.05) is 11.9 Å². The Labute approximate surface area is 201 Å². The van der Waals surface area contributed by atoms with E-state index in [4.69, 9.17) is 22.1 Å². The number of nitrogens with two attached hydrogens (primary N) is 1. The first kappa shape index (κ1) is 25.0. The summed E-state index contributed by atoms with van der Waals surface area (Å²) in [6.45, 7) is 1.65. The minimum Gasteiger partial charge on any atom is -0.482 e. The molecule has 2 aliphatic rings. The van der Waals surface area contributed by atoms with Crippen LogP contribution in [0.5, 0.6) is 5.75 Å². The predicted molar refractivity (Wildman–Crippen MR) is 125 cm³/mol. The van der Waals surface area contributed by atoms with Crippen molar-refractivity contribution in [1.29, 1.82) is 0 Å². The molecular weight excluding hydrogens is 472 g/mol. The highest BCUT2D eigenvalue weighted by atomic mass is 35.5. The Hall–Kier alpha value is -2.68. The first-order chi connectivity index (χ1) is 15.2. The summed E-state index contributed by atoms with van der Waals surface area (Å²) < 4.78 is 21.0. The molecule has 176 valence electrons. The van der Waals surface area contributed by atoms with Gasteiger partial charge in [0.25, 0.3) is 5.91 Å². The topological polar surface area (TPSA) is 111 Å². The summed E-state index contributed by atoms with van der Waals surface area (Å²) in [5, 5.41) is 5.93. The van der Waals surface area contributed by atoms with Crippen LogP contribution in [0.4, 0.5) is 10.1 Å². The molecule has 1 saturated carbocycles. The first-order valence-corrected chi connectivity index (χ1v) is 10.8. The molecule has 0 saturated heterocycles. The van der Waals surface area contributed by atoms with Gasteiger partial charge in [-0.1, -0.05) is 17.7 Å². The molecule has 33 heavy (non-hydrogen) atoms. The molecule has 1 aliphatic heterocycles. The van der Waals surface area contributed by atoms with Gasteiger partial charge >= 0.3 is 0 Å². The first-order valence-electron chi connectivity index (χ1n) is 10.4. The number of carbonyl (C=O) groups is 3. The molecule has 4 rings (SSSR count). The Balaban J connectivity index is 0.00000306. The van der Waals surface area contributed by atoms with Crippen molar-refractivity contribution in [3.8, 4) is 5.75 Å². The summed E-state index contributed by atoms with van der Waals surface area (Å²) in [4.78, 5) is 35.9. The third-order valence-electron chi connectivity index (χ3n) is 5.62. The summed E-state index contributed by atoms with van der Waals surface area (Å²) in [5.74, 6) is -1.48. The van der Waals surface area contributed by atoms with Crippen molar-refractivity contribution in [3.05, 3.63) is 57.9 Å². The molecule has 4 N–H and O–H groups in total. The average molecular weight is 496 g/mol. The number of hydrogen-bond donors (Lipinski definition) is 3. The molecule has 1 fully saturated rings. The molecule has 2 aromatic rings. The van der Waals surface area contributed by atoms with Crippen LogP contribution in [0.1, 0.15) is 53.7 Å². The van der Waals surface area contributed by atoms with Gasteiger partial charge in [0.05, 0.1) is 16.3 Å². The maximum Gasteiger partial charge on any atom is 0.262 e. The van der Waals surface area contributed by atoms with Gasteiger partial charge in [-0.25, -0.2) is 4.39 Å². The van der Waals surface area contributed by atoms with E-state index in [-0.39, 0.29) is 65.5 Å². The maximum absolute atomic E-state index is 15.7. The Morgan fingerprint density at radius 1 is 1.30 bits per heavy atom. The Kier molecular flexibility index (Phi) is 7.62. The fourth-order valence-corrected chi connectivity index (χ4v) is 4.19. The Bertz CT molecular complexity index is 1110. The van der Waals surface area contributed by atoms with E-state index in [0.29, 0.717) is 17.0 Å². The summed E-state index contributed by atoms with van der Waals surface area (Å²) in [6.07, 6.45) is 1.95. The second-order valence-electron chi connectivity index (χ2n) is 8.26. The van der Waals surface area contributed by atoms with Gasteiger partial charge in [0.1, 0.15) is 11.6 Å². The van der Waals surface area contributed by atoms with Crippen LogP contribution in [-0.4, -0.2) is 30.2 Å². The molecule has 0 bridgehead atoms. The van der Waals surface area contributed by atoms with Crippen molar-refractivity contribution in [2.45, 2.75) is 38.3 Å². The van der Waals surface area contributed by atoms with Crippen LogP contribution in [0.2, 0.25) is 5.02 Å². The van der Waals surface area contributed by atoms with E-state index >= 15 is 4.39 Å². The number of benzene rings is 2. The standard InChI is InChI=1S/C23H23ClFN3O4.ClH/c1-11(8-18(26)29)27-22(12-2-3-12)14-5-6-15(24)20(21(14)25)23(31)13-4-7-16-17(9-13)32-10-19(30)28-16;/h4-7,9,11-12,22,27H,2-3,8,10H2,1H3,(H2,26,29)(H,28,30);1H/t11-,22-;/m1./s1. The van der Waals surface area contributed by atoms with Crippen molar-refractivity contribution in [1.82, 2.24) is 5.32 Å². The number of anilines is 1. The van der Waals surface area contributed by atoms with Gasteiger partial charge in [0.2, 0.25) is 5.91 Å². The number of fused-ring (bicyclic) bond motifs is 1. The van der Waals surface area contributed by atoms with Crippen LogP contribution < -0.4 is 21.1 Å². The van der Waals surface area contributed by atoms with Crippen LogP contribution in [0, 0.1) is 11.7 Å². The van der Waals surface area contributed by atoms with E-state index in [0.717, 1.165) is 12.8 Å². The number of ether oxygens (including phenoxy) is 1. The lowest BCUT2D eigenvalue weighted by Gasteiger charge is -2.24. The highest BCUT2D eigenvalue weighted by Crippen LogP contribution is 2.43. The zero-order valence-corrected chi connectivity index (χ0v) is 19.4. The molecule has 7 nitrogen and oxygen atoms in total. The molecule has 0 unspecified atom stereocenters. The second-order valence-corrected chi connectivity index (χ2v) is 8.66. The van der Waals surface area contributed by atoms with Crippen molar-refractivity contribution >= 4 is 47.3 Å². The summed E-state index contributed by atoms with van der Waals surface area (Å²) >= 11 is 6.25. The number of nitrogens with one attached hydrogen (secondary N) is 2. The molecule has 0 spiro atoms. The number of hydrogen-bond acceptors (Lipinski definition) is 5. The molecule has 1 aliphatic carbocycles. The Morgan fingerprint density at radius 3 is 2.70 bits per heavy atom. The number of ketones is 1. The molecular formula is C23H24Cl2FN3O4. The zero-order chi connectivity index (χ0) is 23.0. The fraction of sp³-hybridized carbons (Fsp3) is 0.348. The number of rotatable bonds is 8. The zero-order valence-electron chi connectivity index (χ0n) is 17.8. The third-order valence-corrected chi connectivity index (χ3v) is 5.94. The molecule has 0 radical (unpaired) electrons. The van der Waals surface area contributed by atoms with E-state index in [1.54, 1.807) is 6.07 Å².